The Labute approximate surface area is 119 Å². The van der Waals surface area contributed by atoms with Gasteiger partial charge in [-0.25, -0.2) is 9.89 Å². The van der Waals surface area contributed by atoms with E-state index in [1.165, 1.54) is 0 Å². The van der Waals surface area contributed by atoms with Gasteiger partial charge in [0.25, 0.3) is 5.56 Å². The molecule has 21 heavy (non-hydrogen) atoms. The van der Waals surface area contributed by atoms with Crippen LogP contribution >= 0.6 is 0 Å². The molecular weight excluding hydrogens is 268 g/mol. The van der Waals surface area contributed by atoms with Crippen molar-refractivity contribution in [1.29, 1.82) is 0 Å². The Morgan fingerprint density at radius 3 is 2.62 bits per heavy atom. The van der Waals surface area contributed by atoms with Crippen LogP contribution in [0.25, 0.3) is 22.2 Å². The fourth-order valence-corrected chi connectivity index (χ4v) is 3.00. The number of aromatic amines is 1. The van der Waals surface area contributed by atoms with Gasteiger partial charge in [0, 0.05) is 11.1 Å². The highest BCUT2D eigenvalue weighted by molar-refractivity contribution is 5.91. The van der Waals surface area contributed by atoms with Crippen molar-refractivity contribution in [3.8, 4) is 11.3 Å². The van der Waals surface area contributed by atoms with Crippen molar-refractivity contribution in [2.24, 2.45) is 0 Å². The lowest BCUT2D eigenvalue weighted by molar-refractivity contribution is 0.550. The number of aryl methyl sites for hydroxylation is 1. The summed E-state index contributed by atoms with van der Waals surface area (Å²) in [6.07, 6.45) is 2.29. The molecule has 0 fully saturated rings. The van der Waals surface area contributed by atoms with Crippen molar-refractivity contribution in [2.45, 2.75) is 19.3 Å². The maximum atomic E-state index is 12.2. The molecule has 5 heteroatoms. The molecule has 0 radical (unpaired) electrons. The predicted octanol–water partition coefficient (Wildman–Crippen LogP) is 2.03. The maximum absolute atomic E-state index is 12.2. The number of benzene rings is 1. The molecule has 3 aromatic rings. The number of nitrogens with one attached hydrogen (secondary N) is 1. The lowest BCUT2D eigenvalue weighted by atomic mass is 10.1. The van der Waals surface area contributed by atoms with Crippen molar-refractivity contribution in [3.63, 3.8) is 0 Å². The van der Waals surface area contributed by atoms with Gasteiger partial charge in [-0.2, -0.15) is 5.10 Å². The summed E-state index contributed by atoms with van der Waals surface area (Å²) in [5.74, 6) is 0. The Morgan fingerprint density at radius 1 is 1.05 bits per heavy atom. The second-order valence-electron chi connectivity index (χ2n) is 5.17. The van der Waals surface area contributed by atoms with Crippen LogP contribution in [0.4, 0.5) is 0 Å². The van der Waals surface area contributed by atoms with E-state index in [1.54, 1.807) is 0 Å². The molecule has 0 spiro atoms. The first-order valence-corrected chi connectivity index (χ1v) is 6.88. The molecule has 2 heterocycles. The summed E-state index contributed by atoms with van der Waals surface area (Å²) in [6, 6.07) is 9.38. The van der Waals surface area contributed by atoms with Crippen molar-refractivity contribution in [2.75, 3.05) is 0 Å². The average molecular weight is 280 g/mol. The molecule has 2 aromatic heterocycles. The van der Waals surface area contributed by atoms with Crippen LogP contribution in [0, 0.1) is 0 Å². The summed E-state index contributed by atoms with van der Waals surface area (Å²) in [5.41, 5.74) is 2.40. The second-order valence-corrected chi connectivity index (χ2v) is 5.17. The van der Waals surface area contributed by atoms with Crippen LogP contribution in [0.1, 0.15) is 17.5 Å². The highest BCUT2D eigenvalue weighted by Gasteiger charge is 2.23. The highest BCUT2D eigenvalue weighted by Crippen LogP contribution is 2.29. The summed E-state index contributed by atoms with van der Waals surface area (Å²) < 4.78 is 5.43. The van der Waals surface area contributed by atoms with E-state index in [9.17, 15) is 9.59 Å². The molecule has 0 aliphatic heterocycles. The van der Waals surface area contributed by atoms with Crippen molar-refractivity contribution >= 4 is 11.0 Å². The lowest BCUT2D eigenvalue weighted by Gasteiger charge is -2.06. The average Bonchev–Trinajstić information content (AvgIpc) is 2.98. The summed E-state index contributed by atoms with van der Waals surface area (Å²) in [6.45, 7) is 0. The van der Waals surface area contributed by atoms with E-state index in [-0.39, 0.29) is 16.8 Å². The van der Waals surface area contributed by atoms with E-state index in [0.29, 0.717) is 23.1 Å². The molecule has 0 bridgehead atoms. The number of hydrogen-bond donors (Lipinski definition) is 1. The zero-order valence-corrected chi connectivity index (χ0v) is 11.2. The summed E-state index contributed by atoms with van der Waals surface area (Å²) in [4.78, 5) is 24.3. The fourth-order valence-electron chi connectivity index (χ4n) is 3.00. The maximum Gasteiger partial charge on any atom is 0.339 e. The van der Waals surface area contributed by atoms with Crippen LogP contribution in [-0.4, -0.2) is 10.2 Å². The largest absolute Gasteiger partial charge is 0.420 e. The molecule has 4 rings (SSSR count). The minimum atomic E-state index is -0.348. The number of fused-ring (bicyclic) bond motifs is 3. The zero-order valence-electron chi connectivity index (χ0n) is 11.2. The van der Waals surface area contributed by atoms with E-state index in [1.807, 2.05) is 30.3 Å². The molecule has 104 valence electrons. The predicted molar refractivity (Wildman–Crippen MR) is 78.4 cm³/mol. The first-order valence-electron chi connectivity index (χ1n) is 6.88. The van der Waals surface area contributed by atoms with E-state index >= 15 is 0 Å². The first kappa shape index (κ1) is 12.1. The van der Waals surface area contributed by atoms with E-state index in [4.69, 9.17) is 4.42 Å². The smallest absolute Gasteiger partial charge is 0.339 e. The molecule has 0 saturated carbocycles. The van der Waals surface area contributed by atoms with Crippen LogP contribution in [0.5, 0.6) is 0 Å². The van der Waals surface area contributed by atoms with Gasteiger partial charge in [0.1, 0.15) is 5.69 Å². The van der Waals surface area contributed by atoms with Crippen molar-refractivity contribution in [1.82, 2.24) is 10.2 Å². The lowest BCUT2D eigenvalue weighted by Crippen LogP contribution is -2.16. The molecule has 5 nitrogen and oxygen atoms in total. The van der Waals surface area contributed by atoms with Crippen LogP contribution in [0.15, 0.2) is 44.3 Å². The minimum Gasteiger partial charge on any atom is -0.420 e. The molecule has 0 amide bonds. The van der Waals surface area contributed by atoms with E-state index < -0.39 is 0 Å². The third kappa shape index (κ3) is 1.74. The van der Waals surface area contributed by atoms with Crippen LogP contribution in [-0.2, 0) is 12.8 Å². The van der Waals surface area contributed by atoms with Gasteiger partial charge in [0.15, 0.2) is 5.58 Å². The number of H-pyrrole nitrogens is 1. The van der Waals surface area contributed by atoms with E-state index in [0.717, 1.165) is 24.0 Å². The van der Waals surface area contributed by atoms with Gasteiger partial charge in [0.2, 0.25) is 0 Å². The quantitative estimate of drug-likeness (QED) is 0.740. The number of aromatic nitrogens is 2. The third-order valence-corrected chi connectivity index (χ3v) is 3.95. The molecule has 1 aromatic carbocycles. The molecule has 0 unspecified atom stereocenters. The number of rotatable bonds is 1. The summed E-state index contributed by atoms with van der Waals surface area (Å²) in [5, 5.41) is 7.06. The number of nitrogens with zero attached hydrogens (tertiary/aromatic N) is 1. The Hall–Kier alpha value is -2.69. The van der Waals surface area contributed by atoms with Gasteiger partial charge >= 0.3 is 5.63 Å². The monoisotopic (exact) mass is 280 g/mol. The van der Waals surface area contributed by atoms with E-state index in [2.05, 4.69) is 10.2 Å². The van der Waals surface area contributed by atoms with Crippen molar-refractivity contribution in [3.05, 3.63) is 62.2 Å². The summed E-state index contributed by atoms with van der Waals surface area (Å²) in [7, 11) is 0. The Kier molecular flexibility index (Phi) is 2.54. The molecule has 0 atom stereocenters. The molecule has 1 aliphatic rings. The second kappa shape index (κ2) is 4.41. The SMILES string of the molecule is O=c1oc2c(-c3ccccc3)n[nH]c(=O)c2c2c1CCC2. The van der Waals surface area contributed by atoms with Gasteiger partial charge in [-0.05, 0) is 24.8 Å². The molecule has 0 saturated heterocycles. The van der Waals surface area contributed by atoms with Gasteiger partial charge in [-0.15, -0.1) is 0 Å². The van der Waals surface area contributed by atoms with Crippen molar-refractivity contribution < 1.29 is 4.42 Å². The van der Waals surface area contributed by atoms with Crippen LogP contribution in [0.2, 0.25) is 0 Å². The molecular formula is C16H12N2O3. The van der Waals surface area contributed by atoms with Crippen LogP contribution in [0.3, 0.4) is 0 Å². The highest BCUT2D eigenvalue weighted by atomic mass is 16.4. The van der Waals surface area contributed by atoms with Gasteiger partial charge in [-0.1, -0.05) is 30.3 Å². The topological polar surface area (TPSA) is 76.0 Å². The van der Waals surface area contributed by atoms with Gasteiger partial charge in [0.05, 0.1) is 5.39 Å². The normalized spacial score (nSPS) is 13.5. The minimum absolute atomic E-state index is 0.288. The Bertz CT molecular complexity index is 955. The fraction of sp³-hybridized carbons (Fsp3) is 0.188. The standard InChI is InChI=1S/C16H12N2O3/c19-15-12-10-7-4-8-11(10)16(20)21-14(12)13(17-18-15)9-5-2-1-3-6-9/h1-3,5-6H,4,7-8H2,(H,18,19). The third-order valence-electron chi connectivity index (χ3n) is 3.95. The van der Waals surface area contributed by atoms with Crippen LogP contribution < -0.4 is 11.2 Å². The van der Waals surface area contributed by atoms with Gasteiger partial charge < -0.3 is 4.42 Å². The Morgan fingerprint density at radius 2 is 1.81 bits per heavy atom. The molecule has 1 aliphatic carbocycles. The first-order chi connectivity index (χ1) is 10.3. The number of hydrogen-bond acceptors (Lipinski definition) is 4. The summed E-state index contributed by atoms with van der Waals surface area (Å²) >= 11 is 0. The Balaban J connectivity index is 2.17. The van der Waals surface area contributed by atoms with Gasteiger partial charge in [-0.3, -0.25) is 4.79 Å². The molecule has 1 N–H and O–H groups in total. The zero-order chi connectivity index (χ0) is 14.4.